The third-order valence-corrected chi connectivity index (χ3v) is 4.41. The van der Waals surface area contributed by atoms with Crippen molar-refractivity contribution in [3.8, 4) is 0 Å². The predicted molar refractivity (Wildman–Crippen MR) is 114 cm³/mol. The minimum atomic E-state index is 0. The van der Waals surface area contributed by atoms with Gasteiger partial charge in [0.05, 0.1) is 13.2 Å². The lowest BCUT2D eigenvalue weighted by Crippen LogP contribution is -2.37. The van der Waals surface area contributed by atoms with Crippen LogP contribution in [0.4, 0.5) is 0 Å². The number of rotatable bonds is 8. The summed E-state index contributed by atoms with van der Waals surface area (Å²) in [5.74, 6) is 1.31. The molecule has 1 fully saturated rings. The molecule has 2 N–H and O–H groups in total. The summed E-state index contributed by atoms with van der Waals surface area (Å²) in [7, 11) is 1.75. The van der Waals surface area contributed by atoms with Gasteiger partial charge in [-0.25, -0.2) is 0 Å². The summed E-state index contributed by atoms with van der Waals surface area (Å²) in [6, 6.07) is 5.47. The van der Waals surface area contributed by atoms with Crippen molar-refractivity contribution in [1.29, 1.82) is 0 Å². The Morgan fingerprint density at radius 2 is 2.20 bits per heavy atom. The van der Waals surface area contributed by atoms with Crippen molar-refractivity contribution in [3.05, 3.63) is 33.8 Å². The minimum absolute atomic E-state index is 0. The molecule has 0 aliphatic carbocycles. The molecule has 1 atom stereocenters. The third-order valence-electron chi connectivity index (χ3n) is 3.82. The molecule has 1 heterocycles. The molecule has 1 unspecified atom stereocenters. The number of aliphatic imine (C=N–C) groups is 1. The highest BCUT2D eigenvalue weighted by atomic mass is 127. The number of hydrogen-bond acceptors (Lipinski definition) is 3. The van der Waals surface area contributed by atoms with E-state index in [0.717, 1.165) is 57.3 Å². The molecule has 1 aliphatic heterocycles. The molecule has 0 bridgehead atoms. The van der Waals surface area contributed by atoms with Crippen molar-refractivity contribution in [3.63, 3.8) is 0 Å². The fraction of sp³-hybridized carbons (Fsp3) is 0.588. The van der Waals surface area contributed by atoms with Gasteiger partial charge in [-0.1, -0.05) is 29.3 Å². The quantitative estimate of drug-likeness (QED) is 0.247. The van der Waals surface area contributed by atoms with Gasteiger partial charge >= 0.3 is 0 Å². The smallest absolute Gasteiger partial charge is 0.191 e. The molecule has 0 saturated carbocycles. The first-order valence-corrected chi connectivity index (χ1v) is 8.98. The molecule has 0 aromatic heterocycles. The average Bonchev–Trinajstić information content (AvgIpc) is 3.08. The van der Waals surface area contributed by atoms with E-state index in [1.807, 2.05) is 12.1 Å². The average molecular weight is 502 g/mol. The van der Waals surface area contributed by atoms with E-state index in [2.05, 4.69) is 15.6 Å². The molecular formula is C17H26Cl2IN3O2. The van der Waals surface area contributed by atoms with Crippen molar-refractivity contribution in [2.24, 2.45) is 10.9 Å². The van der Waals surface area contributed by atoms with Crippen LogP contribution in [0.15, 0.2) is 23.2 Å². The lowest BCUT2D eigenvalue weighted by atomic mass is 10.1. The lowest BCUT2D eigenvalue weighted by molar-refractivity contribution is 0.0888. The number of ether oxygens (including phenoxy) is 2. The van der Waals surface area contributed by atoms with Crippen LogP contribution in [0.3, 0.4) is 0 Å². The largest absolute Gasteiger partial charge is 0.381 e. The van der Waals surface area contributed by atoms with Crippen molar-refractivity contribution >= 4 is 53.1 Å². The standard InChI is InChI=1S/C17H25Cl2N3O2.HI/c1-20-17(22-10-14-3-4-15(18)9-16(14)19)21-6-2-7-23-11-13-5-8-24-12-13;/h3-4,9,13H,2,5-8,10-12H2,1H3,(H2,20,21,22);1H. The van der Waals surface area contributed by atoms with Crippen LogP contribution >= 0.6 is 47.2 Å². The molecule has 1 aliphatic rings. The molecule has 5 nitrogen and oxygen atoms in total. The second-order valence-corrected chi connectivity index (χ2v) is 6.59. The van der Waals surface area contributed by atoms with Crippen LogP contribution in [0, 0.1) is 5.92 Å². The first-order valence-electron chi connectivity index (χ1n) is 8.23. The van der Waals surface area contributed by atoms with Crippen molar-refractivity contribution < 1.29 is 9.47 Å². The molecular weight excluding hydrogens is 476 g/mol. The number of nitrogens with one attached hydrogen (secondary N) is 2. The Labute approximate surface area is 176 Å². The lowest BCUT2D eigenvalue weighted by Gasteiger charge is -2.13. The van der Waals surface area contributed by atoms with Gasteiger partial charge < -0.3 is 20.1 Å². The van der Waals surface area contributed by atoms with E-state index in [1.54, 1.807) is 13.1 Å². The summed E-state index contributed by atoms with van der Waals surface area (Å²) < 4.78 is 11.0. The molecule has 25 heavy (non-hydrogen) atoms. The maximum absolute atomic E-state index is 6.16. The van der Waals surface area contributed by atoms with E-state index in [1.165, 1.54) is 0 Å². The molecule has 1 saturated heterocycles. The van der Waals surface area contributed by atoms with Gasteiger partial charge in [-0.3, -0.25) is 4.99 Å². The highest BCUT2D eigenvalue weighted by Gasteiger charge is 2.15. The monoisotopic (exact) mass is 501 g/mol. The van der Waals surface area contributed by atoms with Gasteiger partial charge in [0, 0.05) is 49.3 Å². The molecule has 0 amide bonds. The van der Waals surface area contributed by atoms with E-state index in [0.29, 0.717) is 22.5 Å². The van der Waals surface area contributed by atoms with Crippen molar-refractivity contribution in [2.75, 3.05) is 40.0 Å². The van der Waals surface area contributed by atoms with Gasteiger partial charge in [0.15, 0.2) is 5.96 Å². The summed E-state index contributed by atoms with van der Waals surface area (Å²) >= 11 is 12.1. The Hall–Kier alpha value is -0.280. The van der Waals surface area contributed by atoms with Gasteiger partial charge in [0.1, 0.15) is 0 Å². The summed E-state index contributed by atoms with van der Waals surface area (Å²) in [4.78, 5) is 4.20. The van der Waals surface area contributed by atoms with Gasteiger partial charge in [-0.15, -0.1) is 24.0 Å². The van der Waals surface area contributed by atoms with Crippen LogP contribution in [0.25, 0.3) is 0 Å². The molecule has 0 spiro atoms. The molecule has 2 rings (SSSR count). The maximum Gasteiger partial charge on any atom is 0.191 e. The van der Waals surface area contributed by atoms with Gasteiger partial charge in [0.2, 0.25) is 0 Å². The van der Waals surface area contributed by atoms with Crippen LogP contribution in [-0.4, -0.2) is 46.0 Å². The number of nitrogens with zero attached hydrogens (tertiary/aromatic N) is 1. The fourth-order valence-electron chi connectivity index (χ4n) is 2.41. The SMILES string of the molecule is CN=C(NCCCOCC1CCOC1)NCc1ccc(Cl)cc1Cl.I. The van der Waals surface area contributed by atoms with Gasteiger partial charge in [-0.05, 0) is 30.5 Å². The van der Waals surface area contributed by atoms with Crippen LogP contribution in [0.1, 0.15) is 18.4 Å². The molecule has 8 heteroatoms. The number of hydrogen-bond donors (Lipinski definition) is 2. The Kier molecular flexibility index (Phi) is 11.8. The second kappa shape index (κ2) is 13.0. The zero-order valence-electron chi connectivity index (χ0n) is 14.4. The highest BCUT2D eigenvalue weighted by Crippen LogP contribution is 2.20. The Morgan fingerprint density at radius 3 is 2.88 bits per heavy atom. The minimum Gasteiger partial charge on any atom is -0.381 e. The summed E-state index contributed by atoms with van der Waals surface area (Å²) in [6.45, 7) is 4.63. The Bertz CT molecular complexity index is 541. The van der Waals surface area contributed by atoms with E-state index >= 15 is 0 Å². The van der Waals surface area contributed by atoms with Crippen molar-refractivity contribution in [1.82, 2.24) is 10.6 Å². The Morgan fingerprint density at radius 1 is 1.36 bits per heavy atom. The first-order chi connectivity index (χ1) is 11.7. The normalized spacial score (nSPS) is 17.2. The number of benzene rings is 1. The van der Waals surface area contributed by atoms with Gasteiger partial charge in [-0.2, -0.15) is 0 Å². The van der Waals surface area contributed by atoms with Crippen LogP contribution in [0.5, 0.6) is 0 Å². The molecule has 1 aromatic carbocycles. The summed E-state index contributed by atoms with van der Waals surface area (Å²) in [5.41, 5.74) is 0.978. The van der Waals surface area contributed by atoms with E-state index in [9.17, 15) is 0 Å². The zero-order valence-corrected chi connectivity index (χ0v) is 18.2. The highest BCUT2D eigenvalue weighted by molar-refractivity contribution is 14.0. The number of halogens is 3. The van der Waals surface area contributed by atoms with Crippen LogP contribution in [0.2, 0.25) is 10.0 Å². The fourth-order valence-corrected chi connectivity index (χ4v) is 2.89. The Balaban J connectivity index is 0.00000312. The summed E-state index contributed by atoms with van der Waals surface area (Å²) in [6.07, 6.45) is 2.04. The summed E-state index contributed by atoms with van der Waals surface area (Å²) in [5, 5.41) is 7.78. The van der Waals surface area contributed by atoms with E-state index in [4.69, 9.17) is 32.7 Å². The van der Waals surface area contributed by atoms with E-state index < -0.39 is 0 Å². The van der Waals surface area contributed by atoms with Crippen LogP contribution < -0.4 is 10.6 Å². The second-order valence-electron chi connectivity index (χ2n) is 5.75. The zero-order chi connectivity index (χ0) is 17.2. The molecule has 0 radical (unpaired) electrons. The molecule has 142 valence electrons. The first kappa shape index (κ1) is 22.8. The third kappa shape index (κ3) is 8.77. The van der Waals surface area contributed by atoms with E-state index in [-0.39, 0.29) is 24.0 Å². The molecule has 1 aromatic rings. The topological polar surface area (TPSA) is 54.9 Å². The van der Waals surface area contributed by atoms with Crippen molar-refractivity contribution in [2.45, 2.75) is 19.4 Å². The van der Waals surface area contributed by atoms with Crippen LogP contribution in [-0.2, 0) is 16.0 Å². The number of guanidine groups is 1. The predicted octanol–water partition coefficient (Wildman–Crippen LogP) is 3.72. The van der Waals surface area contributed by atoms with Gasteiger partial charge in [0.25, 0.3) is 0 Å². The maximum atomic E-state index is 6.16.